The number of nitrogens with one attached hydrogen (secondary N) is 2. The van der Waals surface area contributed by atoms with Crippen molar-refractivity contribution in [1.82, 2.24) is 25.1 Å². The van der Waals surface area contributed by atoms with Gasteiger partial charge in [0, 0.05) is 57.5 Å². The summed E-state index contributed by atoms with van der Waals surface area (Å²) in [6.07, 6.45) is 8.87. The highest BCUT2D eigenvalue weighted by Crippen LogP contribution is 2.23. The van der Waals surface area contributed by atoms with E-state index in [-0.39, 0.29) is 23.8 Å². The molecule has 1 aromatic heterocycles. The first-order chi connectivity index (χ1) is 12.0. The average Bonchev–Trinajstić information content (AvgIpc) is 3.28. The number of aromatic nitrogens is 2. The van der Waals surface area contributed by atoms with Crippen molar-refractivity contribution in [3.8, 4) is 0 Å². The van der Waals surface area contributed by atoms with Gasteiger partial charge >= 0.3 is 0 Å². The Labute approximate surface area is 149 Å². The Morgan fingerprint density at radius 3 is 2.72 bits per heavy atom. The highest BCUT2D eigenvalue weighted by molar-refractivity contribution is 5.86. The third kappa shape index (κ3) is 5.04. The lowest BCUT2D eigenvalue weighted by Crippen LogP contribution is -2.42. The lowest BCUT2D eigenvalue weighted by molar-refractivity contribution is -0.135. The summed E-state index contributed by atoms with van der Waals surface area (Å²) in [5, 5.41) is 6.57. The minimum atomic E-state index is -0.191. The fourth-order valence-electron chi connectivity index (χ4n) is 3.34. The average molecular weight is 347 g/mol. The first-order valence-electron chi connectivity index (χ1n) is 9.27. The van der Waals surface area contributed by atoms with Crippen LogP contribution in [0, 0.1) is 5.92 Å². The molecule has 1 saturated carbocycles. The number of carbonyl (C=O) groups is 2. The highest BCUT2D eigenvalue weighted by atomic mass is 16.2. The molecular formula is C18H29N5O2. The van der Waals surface area contributed by atoms with Gasteiger partial charge in [0.2, 0.25) is 11.8 Å². The molecule has 138 valence electrons. The van der Waals surface area contributed by atoms with E-state index in [0.29, 0.717) is 25.6 Å². The molecule has 7 heteroatoms. The molecule has 2 atom stereocenters. The van der Waals surface area contributed by atoms with E-state index in [1.807, 2.05) is 24.9 Å². The molecule has 7 nitrogen and oxygen atoms in total. The zero-order chi connectivity index (χ0) is 17.8. The molecule has 1 aliphatic heterocycles. The van der Waals surface area contributed by atoms with Gasteiger partial charge in [-0.3, -0.25) is 9.59 Å². The molecule has 3 rings (SSSR count). The van der Waals surface area contributed by atoms with Crippen molar-refractivity contribution in [2.24, 2.45) is 13.0 Å². The first-order valence-corrected chi connectivity index (χ1v) is 9.27. The molecule has 0 radical (unpaired) electrons. The first kappa shape index (κ1) is 17.9. The topological polar surface area (TPSA) is 79.3 Å². The zero-order valence-corrected chi connectivity index (χ0v) is 15.2. The lowest BCUT2D eigenvalue weighted by atomic mass is 9.96. The fraction of sp³-hybridized carbons (Fsp3) is 0.722. The van der Waals surface area contributed by atoms with Gasteiger partial charge in [-0.05, 0) is 25.7 Å². The van der Waals surface area contributed by atoms with Crippen molar-refractivity contribution in [3.63, 3.8) is 0 Å². The normalized spacial score (nSPS) is 25.2. The van der Waals surface area contributed by atoms with Crippen molar-refractivity contribution >= 4 is 11.8 Å². The number of carbonyl (C=O) groups excluding carboxylic acids is 2. The van der Waals surface area contributed by atoms with E-state index < -0.39 is 0 Å². The maximum atomic E-state index is 12.5. The van der Waals surface area contributed by atoms with Crippen LogP contribution in [0.5, 0.6) is 0 Å². The summed E-state index contributed by atoms with van der Waals surface area (Å²) in [7, 11) is 3.81. The highest BCUT2D eigenvalue weighted by Gasteiger charge is 2.30. The van der Waals surface area contributed by atoms with Gasteiger partial charge in [0.15, 0.2) is 0 Å². The van der Waals surface area contributed by atoms with Crippen LogP contribution < -0.4 is 10.6 Å². The van der Waals surface area contributed by atoms with Crippen molar-refractivity contribution in [3.05, 3.63) is 18.2 Å². The second kappa shape index (κ2) is 7.99. The van der Waals surface area contributed by atoms with Crippen LogP contribution in [0.2, 0.25) is 0 Å². The summed E-state index contributed by atoms with van der Waals surface area (Å²) in [4.78, 5) is 30.9. The SMILES string of the molecule is CN1C[C@H](NCc2nccn2C)CCC[C@@H](C(=O)NC2CC2)CC1=O. The Morgan fingerprint density at radius 1 is 1.24 bits per heavy atom. The standard InChI is InChI=1S/C18H29N5O2/c1-22-9-8-19-16(22)11-20-15-5-3-4-13(10-17(24)23(2)12-15)18(25)21-14-6-7-14/h8-9,13-15,20H,3-7,10-12H2,1-2H3,(H,21,25)/t13-,15-/m1/s1. The molecular weight excluding hydrogens is 318 g/mol. The predicted octanol–water partition coefficient (Wildman–Crippen LogP) is 0.806. The third-order valence-electron chi connectivity index (χ3n) is 5.21. The Bertz CT molecular complexity index is 610. The van der Waals surface area contributed by atoms with Crippen molar-refractivity contribution in [1.29, 1.82) is 0 Å². The van der Waals surface area contributed by atoms with Crippen LogP contribution in [0.3, 0.4) is 0 Å². The molecule has 25 heavy (non-hydrogen) atoms. The summed E-state index contributed by atoms with van der Waals surface area (Å²) >= 11 is 0. The number of likely N-dealkylation sites (N-methyl/N-ethyl adjacent to an activating group) is 1. The maximum Gasteiger partial charge on any atom is 0.223 e. The van der Waals surface area contributed by atoms with Crippen molar-refractivity contribution in [2.75, 3.05) is 13.6 Å². The Hall–Kier alpha value is -1.89. The van der Waals surface area contributed by atoms with Crippen LogP contribution in [-0.2, 0) is 23.2 Å². The predicted molar refractivity (Wildman–Crippen MR) is 94.6 cm³/mol. The summed E-state index contributed by atoms with van der Waals surface area (Å²) < 4.78 is 2.00. The van der Waals surface area contributed by atoms with Gasteiger partial charge < -0.3 is 20.1 Å². The van der Waals surface area contributed by atoms with E-state index in [9.17, 15) is 9.59 Å². The number of amides is 2. The van der Waals surface area contributed by atoms with Gasteiger partial charge in [-0.15, -0.1) is 0 Å². The largest absolute Gasteiger partial charge is 0.353 e. The van der Waals surface area contributed by atoms with Gasteiger partial charge in [-0.2, -0.15) is 0 Å². The molecule has 2 fully saturated rings. The lowest BCUT2D eigenvalue weighted by Gasteiger charge is -2.24. The third-order valence-corrected chi connectivity index (χ3v) is 5.21. The molecule has 0 aromatic carbocycles. The van der Waals surface area contributed by atoms with Crippen LogP contribution in [0.1, 0.15) is 44.3 Å². The quantitative estimate of drug-likeness (QED) is 0.826. The zero-order valence-electron chi connectivity index (χ0n) is 15.2. The fourth-order valence-corrected chi connectivity index (χ4v) is 3.34. The number of aryl methyl sites for hydroxylation is 1. The Balaban J connectivity index is 1.56. The van der Waals surface area contributed by atoms with E-state index in [0.717, 1.165) is 37.9 Å². The minimum absolute atomic E-state index is 0.0571. The van der Waals surface area contributed by atoms with Gasteiger partial charge in [0.05, 0.1) is 6.54 Å². The van der Waals surface area contributed by atoms with Crippen LogP contribution in [0.4, 0.5) is 0 Å². The summed E-state index contributed by atoms with van der Waals surface area (Å²) in [5.74, 6) is 0.907. The van der Waals surface area contributed by atoms with Gasteiger partial charge in [-0.1, -0.05) is 6.42 Å². The molecule has 0 unspecified atom stereocenters. The summed E-state index contributed by atoms with van der Waals surface area (Å²) in [5.41, 5.74) is 0. The second-order valence-electron chi connectivity index (χ2n) is 7.42. The van der Waals surface area contributed by atoms with Crippen LogP contribution in [0.25, 0.3) is 0 Å². The summed E-state index contributed by atoms with van der Waals surface area (Å²) in [6.45, 7) is 1.35. The number of hydrogen-bond acceptors (Lipinski definition) is 4. The number of nitrogens with zero attached hydrogens (tertiary/aromatic N) is 3. The van der Waals surface area contributed by atoms with Crippen LogP contribution in [-0.4, -0.2) is 51.9 Å². The number of imidazole rings is 1. The number of hydrogen-bond donors (Lipinski definition) is 2. The summed E-state index contributed by atoms with van der Waals surface area (Å²) in [6, 6.07) is 0.566. The molecule has 0 bridgehead atoms. The minimum Gasteiger partial charge on any atom is -0.353 e. The molecule has 1 aliphatic carbocycles. The van der Waals surface area contributed by atoms with E-state index in [1.54, 1.807) is 11.1 Å². The van der Waals surface area contributed by atoms with E-state index in [4.69, 9.17) is 0 Å². The van der Waals surface area contributed by atoms with E-state index in [2.05, 4.69) is 15.6 Å². The molecule has 1 aromatic rings. The van der Waals surface area contributed by atoms with Gasteiger partial charge in [-0.25, -0.2) is 4.98 Å². The van der Waals surface area contributed by atoms with Crippen LogP contribution >= 0.6 is 0 Å². The molecule has 2 aliphatic rings. The van der Waals surface area contributed by atoms with E-state index in [1.165, 1.54) is 0 Å². The molecule has 0 spiro atoms. The second-order valence-corrected chi connectivity index (χ2v) is 7.42. The Kier molecular flexibility index (Phi) is 5.73. The van der Waals surface area contributed by atoms with Gasteiger partial charge in [0.25, 0.3) is 0 Å². The molecule has 2 heterocycles. The van der Waals surface area contributed by atoms with Gasteiger partial charge in [0.1, 0.15) is 5.82 Å². The van der Waals surface area contributed by atoms with Crippen molar-refractivity contribution < 1.29 is 9.59 Å². The molecule has 1 saturated heterocycles. The van der Waals surface area contributed by atoms with Crippen LogP contribution in [0.15, 0.2) is 12.4 Å². The van der Waals surface area contributed by atoms with E-state index >= 15 is 0 Å². The molecule has 2 amide bonds. The monoisotopic (exact) mass is 347 g/mol. The Morgan fingerprint density at radius 2 is 2.04 bits per heavy atom. The molecule has 2 N–H and O–H groups in total. The maximum absolute atomic E-state index is 12.5. The smallest absolute Gasteiger partial charge is 0.223 e. The number of rotatable bonds is 5. The van der Waals surface area contributed by atoms with Crippen molar-refractivity contribution in [2.45, 2.75) is 57.2 Å².